The quantitative estimate of drug-likeness (QED) is 0.613. The van der Waals surface area contributed by atoms with Gasteiger partial charge >= 0.3 is 5.97 Å². The Hall–Kier alpha value is -0.680. The van der Waals surface area contributed by atoms with Crippen molar-refractivity contribution in [2.24, 2.45) is 45.8 Å². The first-order valence-electron chi connectivity index (χ1n) is 12.5. The minimum atomic E-state index is -1.16. The van der Waals surface area contributed by atoms with Crippen molar-refractivity contribution in [2.45, 2.75) is 104 Å². The third-order valence-corrected chi connectivity index (χ3v) is 11.1. The fourth-order valence-corrected chi connectivity index (χ4v) is 9.22. The van der Waals surface area contributed by atoms with E-state index in [1.54, 1.807) is 0 Å². The lowest BCUT2D eigenvalue weighted by molar-refractivity contribution is -0.222. The summed E-state index contributed by atoms with van der Waals surface area (Å²) in [6.45, 7) is 9.13. The molecule has 4 nitrogen and oxygen atoms in total. The van der Waals surface area contributed by atoms with Gasteiger partial charge in [0.2, 0.25) is 0 Å². The van der Waals surface area contributed by atoms with Crippen molar-refractivity contribution in [2.75, 3.05) is 7.11 Å². The number of aliphatic hydroxyl groups is 2. The molecule has 0 aromatic rings. The smallest absolute Gasteiger partial charge is 0.305 e. The molecular formula is C26H43FO4. The number of hydrogen-bond donors (Lipinski definition) is 2. The number of aliphatic hydroxyl groups excluding tert-OH is 2. The molecule has 0 radical (unpaired) electrons. The Balaban J connectivity index is 1.57. The number of alkyl halides is 1. The van der Waals surface area contributed by atoms with Gasteiger partial charge in [0.1, 0.15) is 6.17 Å². The van der Waals surface area contributed by atoms with E-state index >= 15 is 0 Å². The van der Waals surface area contributed by atoms with E-state index in [0.29, 0.717) is 49.4 Å². The van der Waals surface area contributed by atoms with Crippen LogP contribution in [0.3, 0.4) is 0 Å². The molecule has 178 valence electrons. The Labute approximate surface area is 187 Å². The van der Waals surface area contributed by atoms with E-state index in [1.807, 2.05) is 0 Å². The molecule has 31 heavy (non-hydrogen) atoms. The van der Waals surface area contributed by atoms with Crippen molar-refractivity contribution in [1.29, 1.82) is 0 Å². The van der Waals surface area contributed by atoms with E-state index in [-0.39, 0.29) is 34.2 Å². The average molecular weight is 439 g/mol. The van der Waals surface area contributed by atoms with E-state index in [9.17, 15) is 19.4 Å². The molecule has 0 heterocycles. The predicted molar refractivity (Wildman–Crippen MR) is 118 cm³/mol. The van der Waals surface area contributed by atoms with Crippen LogP contribution < -0.4 is 0 Å². The lowest BCUT2D eigenvalue weighted by Gasteiger charge is -2.66. The van der Waals surface area contributed by atoms with Gasteiger partial charge in [0.15, 0.2) is 0 Å². The Bertz CT molecular complexity index is 699. The summed E-state index contributed by atoms with van der Waals surface area (Å²) in [5.41, 5.74) is -0.217. The molecule has 5 heteroatoms. The zero-order chi connectivity index (χ0) is 22.8. The lowest BCUT2D eigenvalue weighted by Crippen LogP contribution is -2.64. The second kappa shape index (κ2) is 7.97. The van der Waals surface area contributed by atoms with Crippen LogP contribution in [0.25, 0.3) is 0 Å². The van der Waals surface area contributed by atoms with Gasteiger partial charge in [-0.25, -0.2) is 4.39 Å². The summed E-state index contributed by atoms with van der Waals surface area (Å²) in [4.78, 5) is 11.7. The summed E-state index contributed by atoms with van der Waals surface area (Å²) in [5, 5.41) is 21.7. The van der Waals surface area contributed by atoms with Crippen molar-refractivity contribution >= 4 is 5.97 Å². The van der Waals surface area contributed by atoms with Crippen LogP contribution in [0.4, 0.5) is 4.39 Å². The highest BCUT2D eigenvalue weighted by Gasteiger charge is 2.67. The molecule has 0 bridgehead atoms. The van der Waals surface area contributed by atoms with Crippen LogP contribution in [0.5, 0.6) is 0 Å². The first kappa shape index (κ1) is 23.5. The van der Waals surface area contributed by atoms with E-state index < -0.39 is 12.3 Å². The summed E-state index contributed by atoms with van der Waals surface area (Å²) < 4.78 is 19.6. The number of fused-ring (bicyclic) bond motifs is 5. The fraction of sp³-hybridized carbons (Fsp3) is 0.962. The Kier molecular flexibility index (Phi) is 6.04. The highest BCUT2D eigenvalue weighted by atomic mass is 19.1. The van der Waals surface area contributed by atoms with Crippen LogP contribution in [-0.2, 0) is 9.53 Å². The molecule has 4 saturated carbocycles. The number of halogens is 1. The largest absolute Gasteiger partial charge is 0.469 e. The number of carbonyl (C=O) groups excluding carboxylic acids is 1. The molecule has 4 aliphatic rings. The molecule has 0 aliphatic heterocycles. The van der Waals surface area contributed by atoms with E-state index in [4.69, 9.17) is 4.74 Å². The maximum atomic E-state index is 14.8. The Morgan fingerprint density at radius 1 is 1.06 bits per heavy atom. The first-order valence-corrected chi connectivity index (χ1v) is 12.5. The van der Waals surface area contributed by atoms with E-state index in [1.165, 1.54) is 7.11 Å². The van der Waals surface area contributed by atoms with Gasteiger partial charge in [0.25, 0.3) is 0 Å². The van der Waals surface area contributed by atoms with Crippen molar-refractivity contribution < 1.29 is 24.1 Å². The third-order valence-electron chi connectivity index (χ3n) is 11.1. The minimum absolute atomic E-state index is 0.134. The van der Waals surface area contributed by atoms with Gasteiger partial charge in [-0.05, 0) is 97.2 Å². The number of carbonyl (C=O) groups is 1. The monoisotopic (exact) mass is 438 g/mol. The summed E-state index contributed by atoms with van der Waals surface area (Å²) >= 11 is 0. The van der Waals surface area contributed by atoms with Gasteiger partial charge in [-0.2, -0.15) is 0 Å². The fourth-order valence-electron chi connectivity index (χ4n) is 9.22. The van der Waals surface area contributed by atoms with Gasteiger partial charge in [-0.15, -0.1) is 0 Å². The lowest BCUT2D eigenvalue weighted by atomic mass is 9.39. The number of methoxy groups -OCH3 is 1. The maximum Gasteiger partial charge on any atom is 0.305 e. The Morgan fingerprint density at radius 3 is 2.42 bits per heavy atom. The van der Waals surface area contributed by atoms with E-state index in [0.717, 1.165) is 32.1 Å². The molecule has 0 spiro atoms. The SMILES string of the molecule is COC(=O)CC[C@@H](C)[C@H]1CCC2C3C(CC[C@@]21C)[C@@]1(C)C[C@@H](F)[C@H](O)C[C@@]1(C)C[C@H]3O. The molecule has 3 unspecified atom stereocenters. The van der Waals surface area contributed by atoms with E-state index in [2.05, 4.69) is 27.7 Å². The summed E-state index contributed by atoms with van der Waals surface area (Å²) in [7, 11) is 1.45. The molecule has 0 amide bonds. The number of ether oxygens (including phenoxy) is 1. The van der Waals surface area contributed by atoms with Crippen molar-refractivity contribution in [3.8, 4) is 0 Å². The second-order valence-corrected chi connectivity index (χ2v) is 12.4. The molecule has 2 N–H and O–H groups in total. The van der Waals surface area contributed by atoms with Crippen molar-refractivity contribution in [3.05, 3.63) is 0 Å². The van der Waals surface area contributed by atoms with Crippen LogP contribution in [0.15, 0.2) is 0 Å². The summed E-state index contributed by atoms with van der Waals surface area (Å²) in [5.74, 6) is 1.86. The summed E-state index contributed by atoms with van der Waals surface area (Å²) in [6.07, 6.45) is 4.86. The summed E-state index contributed by atoms with van der Waals surface area (Å²) in [6, 6.07) is 0. The molecule has 4 rings (SSSR count). The minimum Gasteiger partial charge on any atom is -0.469 e. The molecule has 0 saturated heterocycles. The number of hydrogen-bond acceptors (Lipinski definition) is 4. The van der Waals surface area contributed by atoms with Crippen LogP contribution >= 0.6 is 0 Å². The van der Waals surface area contributed by atoms with Gasteiger partial charge in [-0.3, -0.25) is 4.79 Å². The molecule has 0 aromatic heterocycles. The normalized spacial score (nSPS) is 52.6. The van der Waals surface area contributed by atoms with Gasteiger partial charge < -0.3 is 14.9 Å². The maximum absolute atomic E-state index is 14.8. The molecule has 11 atom stereocenters. The molecule has 4 aliphatic carbocycles. The third kappa shape index (κ3) is 3.48. The predicted octanol–water partition coefficient (Wildman–Crippen LogP) is 4.90. The van der Waals surface area contributed by atoms with Crippen LogP contribution in [0, 0.1) is 45.8 Å². The zero-order valence-corrected chi connectivity index (χ0v) is 20.1. The highest BCUT2D eigenvalue weighted by Crippen LogP contribution is 2.71. The number of esters is 1. The standard InChI is InChI=1S/C26H43FO4/c1-15(6-9-22(30)31-5)16-7-8-17-23-18(10-11-25(16,17)3)26(4)12-19(27)20(28)13-24(26,2)14-21(23)29/h15-21,23,28-29H,6-14H2,1-5H3/t15-,16-,17?,18?,19-,20-,21-,23?,24+,25-,26-/m1/s1. The second-order valence-electron chi connectivity index (χ2n) is 12.4. The van der Waals surface area contributed by atoms with Gasteiger partial charge in [0.05, 0.1) is 19.3 Å². The topological polar surface area (TPSA) is 66.8 Å². The number of rotatable bonds is 4. The van der Waals surface area contributed by atoms with Crippen LogP contribution in [0.2, 0.25) is 0 Å². The molecule has 0 aromatic carbocycles. The van der Waals surface area contributed by atoms with Gasteiger partial charge in [0, 0.05) is 6.42 Å². The van der Waals surface area contributed by atoms with Crippen molar-refractivity contribution in [3.63, 3.8) is 0 Å². The zero-order valence-electron chi connectivity index (χ0n) is 20.1. The van der Waals surface area contributed by atoms with Crippen LogP contribution in [0.1, 0.15) is 85.5 Å². The molecule has 4 fully saturated rings. The average Bonchev–Trinajstić information content (AvgIpc) is 3.05. The highest BCUT2D eigenvalue weighted by molar-refractivity contribution is 5.69. The van der Waals surface area contributed by atoms with Crippen molar-refractivity contribution in [1.82, 2.24) is 0 Å². The van der Waals surface area contributed by atoms with Crippen LogP contribution in [-0.4, -0.2) is 41.7 Å². The van der Waals surface area contributed by atoms with Gasteiger partial charge in [-0.1, -0.05) is 27.7 Å². The Morgan fingerprint density at radius 2 is 1.74 bits per heavy atom. The first-order chi connectivity index (χ1) is 14.5. The molecular weight excluding hydrogens is 395 g/mol.